The molecule has 0 radical (unpaired) electrons. The van der Waals surface area contributed by atoms with Crippen molar-refractivity contribution in [3.63, 3.8) is 0 Å². The Morgan fingerprint density at radius 3 is 2.55 bits per heavy atom. The molecule has 3 rings (SSSR count). The predicted molar refractivity (Wildman–Crippen MR) is 108 cm³/mol. The molecule has 0 saturated carbocycles. The normalized spacial score (nSPS) is 10.6. The summed E-state index contributed by atoms with van der Waals surface area (Å²) < 4.78 is 6.98. The summed E-state index contributed by atoms with van der Waals surface area (Å²) in [7, 11) is 4.72. The lowest BCUT2D eigenvalue weighted by Gasteiger charge is -2.12. The number of rotatable bonds is 8. The lowest BCUT2D eigenvalue weighted by molar-refractivity contribution is 0.0537. The standard InChI is InChI=1S/C19H21ClN6O3/c1-26-11-15(10-23-26)24-19-21-8-12(9-22-19)4-5-13-6-14(18(27)25-29-3)7-16(28-2)17(13)20/h6-11H,4-5H2,1-3H3,(H,25,27)(H,21,22,24). The van der Waals surface area contributed by atoms with Crippen molar-refractivity contribution in [3.05, 3.63) is 58.6 Å². The maximum atomic E-state index is 12.1. The zero-order valence-electron chi connectivity index (χ0n) is 16.3. The van der Waals surface area contributed by atoms with Crippen molar-refractivity contribution in [2.24, 2.45) is 7.05 Å². The van der Waals surface area contributed by atoms with Crippen LogP contribution in [0.4, 0.5) is 11.6 Å². The van der Waals surface area contributed by atoms with Gasteiger partial charge in [0.25, 0.3) is 5.91 Å². The van der Waals surface area contributed by atoms with Crippen LogP contribution in [0.2, 0.25) is 5.02 Å². The molecule has 152 valence electrons. The van der Waals surface area contributed by atoms with Crippen molar-refractivity contribution in [3.8, 4) is 5.75 Å². The molecule has 0 aliphatic rings. The van der Waals surface area contributed by atoms with Crippen LogP contribution in [0.15, 0.2) is 36.9 Å². The van der Waals surface area contributed by atoms with E-state index in [1.165, 1.54) is 14.2 Å². The minimum atomic E-state index is -0.377. The third-order valence-electron chi connectivity index (χ3n) is 4.14. The molecule has 0 spiro atoms. The van der Waals surface area contributed by atoms with E-state index in [2.05, 4.69) is 30.7 Å². The second-order valence-corrected chi connectivity index (χ2v) is 6.61. The largest absolute Gasteiger partial charge is 0.495 e. The van der Waals surface area contributed by atoms with E-state index in [9.17, 15) is 4.79 Å². The number of benzene rings is 1. The number of carbonyl (C=O) groups excluding carboxylic acids is 1. The summed E-state index contributed by atoms with van der Waals surface area (Å²) in [6.07, 6.45) is 8.25. The van der Waals surface area contributed by atoms with Gasteiger partial charge in [-0.15, -0.1) is 0 Å². The Labute approximate surface area is 173 Å². The highest BCUT2D eigenvalue weighted by molar-refractivity contribution is 6.33. The smallest absolute Gasteiger partial charge is 0.274 e. The quantitative estimate of drug-likeness (QED) is 0.544. The van der Waals surface area contributed by atoms with Crippen LogP contribution < -0.4 is 15.5 Å². The van der Waals surface area contributed by atoms with Gasteiger partial charge in [-0.3, -0.25) is 14.3 Å². The number of hydrogen-bond donors (Lipinski definition) is 2. The Balaban J connectivity index is 1.70. The molecular weight excluding hydrogens is 396 g/mol. The molecule has 0 aliphatic carbocycles. The molecule has 0 bridgehead atoms. The maximum absolute atomic E-state index is 12.1. The van der Waals surface area contributed by atoms with Gasteiger partial charge in [-0.05, 0) is 36.1 Å². The number of hydroxylamine groups is 1. The van der Waals surface area contributed by atoms with Gasteiger partial charge < -0.3 is 10.1 Å². The van der Waals surface area contributed by atoms with Crippen LogP contribution in [0.25, 0.3) is 0 Å². The molecule has 0 aliphatic heterocycles. The molecule has 1 aromatic carbocycles. The number of nitrogens with zero attached hydrogens (tertiary/aromatic N) is 4. The van der Waals surface area contributed by atoms with Crippen molar-refractivity contribution in [1.82, 2.24) is 25.2 Å². The maximum Gasteiger partial charge on any atom is 0.274 e. The number of halogens is 1. The van der Waals surface area contributed by atoms with Crippen molar-refractivity contribution < 1.29 is 14.4 Å². The van der Waals surface area contributed by atoms with Crippen LogP contribution in [0, 0.1) is 0 Å². The first-order valence-corrected chi connectivity index (χ1v) is 9.14. The number of aryl methyl sites for hydroxylation is 3. The van der Waals surface area contributed by atoms with Crippen LogP contribution in [0.3, 0.4) is 0 Å². The molecule has 0 saturated heterocycles. The van der Waals surface area contributed by atoms with Gasteiger partial charge >= 0.3 is 0 Å². The zero-order valence-corrected chi connectivity index (χ0v) is 17.0. The fraction of sp³-hybridized carbons (Fsp3) is 0.263. The number of methoxy groups -OCH3 is 1. The Hall–Kier alpha value is -3.17. The molecular formula is C19H21ClN6O3. The number of aromatic nitrogens is 4. The van der Waals surface area contributed by atoms with E-state index in [0.29, 0.717) is 35.1 Å². The average molecular weight is 417 g/mol. The second-order valence-electron chi connectivity index (χ2n) is 6.23. The number of carbonyl (C=O) groups is 1. The lowest BCUT2D eigenvalue weighted by Crippen LogP contribution is -2.22. The average Bonchev–Trinajstić information content (AvgIpc) is 3.13. The molecule has 2 aromatic heterocycles. The second kappa shape index (κ2) is 9.35. The van der Waals surface area contributed by atoms with Crippen LogP contribution in [0.5, 0.6) is 5.75 Å². The van der Waals surface area contributed by atoms with E-state index >= 15 is 0 Å². The molecule has 29 heavy (non-hydrogen) atoms. The first-order valence-electron chi connectivity index (χ1n) is 8.76. The fourth-order valence-corrected chi connectivity index (χ4v) is 2.99. The SMILES string of the molecule is CONC(=O)c1cc(CCc2cnc(Nc3cnn(C)c3)nc2)c(Cl)c(OC)c1. The van der Waals surface area contributed by atoms with Crippen LogP contribution >= 0.6 is 11.6 Å². The minimum Gasteiger partial charge on any atom is -0.495 e. The Morgan fingerprint density at radius 2 is 1.93 bits per heavy atom. The first-order chi connectivity index (χ1) is 14.0. The summed E-state index contributed by atoms with van der Waals surface area (Å²) in [4.78, 5) is 25.4. The molecule has 0 unspecified atom stereocenters. The summed E-state index contributed by atoms with van der Waals surface area (Å²) in [5.41, 5.74) is 5.22. The van der Waals surface area contributed by atoms with Crippen molar-refractivity contribution in [2.45, 2.75) is 12.8 Å². The van der Waals surface area contributed by atoms with Crippen LogP contribution in [-0.4, -0.2) is 39.9 Å². The fourth-order valence-electron chi connectivity index (χ4n) is 2.71. The van der Waals surface area contributed by atoms with Gasteiger partial charge in [0.15, 0.2) is 0 Å². The van der Waals surface area contributed by atoms with Gasteiger partial charge in [0.05, 0.1) is 31.1 Å². The highest BCUT2D eigenvalue weighted by Gasteiger charge is 2.14. The van der Waals surface area contributed by atoms with Gasteiger partial charge in [0.2, 0.25) is 5.95 Å². The van der Waals surface area contributed by atoms with E-state index < -0.39 is 0 Å². The van der Waals surface area contributed by atoms with E-state index in [-0.39, 0.29) is 5.91 Å². The third kappa shape index (κ3) is 5.21. The molecule has 2 N–H and O–H groups in total. The minimum absolute atomic E-state index is 0.377. The first kappa shape index (κ1) is 20.6. The zero-order chi connectivity index (χ0) is 20.8. The Kier molecular flexibility index (Phi) is 6.63. The highest BCUT2D eigenvalue weighted by Crippen LogP contribution is 2.31. The van der Waals surface area contributed by atoms with Gasteiger partial charge in [0, 0.05) is 31.2 Å². The Bertz CT molecular complexity index is 990. The summed E-state index contributed by atoms with van der Waals surface area (Å²) in [6, 6.07) is 3.29. The van der Waals surface area contributed by atoms with Gasteiger partial charge in [-0.2, -0.15) is 5.10 Å². The van der Waals surface area contributed by atoms with Gasteiger partial charge in [-0.25, -0.2) is 15.4 Å². The molecule has 10 heteroatoms. The molecule has 0 fully saturated rings. The van der Waals surface area contributed by atoms with Crippen molar-refractivity contribution in [1.29, 1.82) is 0 Å². The van der Waals surface area contributed by atoms with Gasteiger partial charge in [-0.1, -0.05) is 11.6 Å². The number of anilines is 2. The molecule has 0 atom stereocenters. The molecule has 3 aromatic rings. The van der Waals surface area contributed by atoms with E-state index in [0.717, 1.165) is 16.8 Å². The summed E-state index contributed by atoms with van der Waals surface area (Å²) in [5.74, 6) is 0.537. The topological polar surface area (TPSA) is 103 Å². The summed E-state index contributed by atoms with van der Waals surface area (Å²) in [5, 5.41) is 7.64. The summed E-state index contributed by atoms with van der Waals surface area (Å²) in [6.45, 7) is 0. The lowest BCUT2D eigenvalue weighted by atomic mass is 10.0. The van der Waals surface area contributed by atoms with E-state index in [1.54, 1.807) is 35.4 Å². The molecule has 1 amide bonds. The van der Waals surface area contributed by atoms with E-state index in [1.807, 2.05) is 13.2 Å². The van der Waals surface area contributed by atoms with Crippen molar-refractivity contribution >= 4 is 29.1 Å². The number of ether oxygens (including phenoxy) is 1. The van der Waals surface area contributed by atoms with Gasteiger partial charge in [0.1, 0.15) is 5.75 Å². The number of nitrogens with one attached hydrogen (secondary N) is 2. The summed E-state index contributed by atoms with van der Waals surface area (Å²) >= 11 is 6.41. The highest BCUT2D eigenvalue weighted by atomic mass is 35.5. The monoisotopic (exact) mass is 416 g/mol. The number of hydrogen-bond acceptors (Lipinski definition) is 7. The van der Waals surface area contributed by atoms with Crippen molar-refractivity contribution in [2.75, 3.05) is 19.5 Å². The number of amides is 1. The predicted octanol–water partition coefficient (Wildman–Crippen LogP) is 2.69. The van der Waals surface area contributed by atoms with E-state index in [4.69, 9.17) is 16.3 Å². The Morgan fingerprint density at radius 1 is 1.17 bits per heavy atom. The van der Waals surface area contributed by atoms with Crippen LogP contribution in [-0.2, 0) is 24.7 Å². The molecule has 9 nitrogen and oxygen atoms in total. The third-order valence-corrected chi connectivity index (χ3v) is 4.57. The molecule has 2 heterocycles. The van der Waals surface area contributed by atoms with Crippen LogP contribution in [0.1, 0.15) is 21.5 Å².